The van der Waals surface area contributed by atoms with E-state index in [0.29, 0.717) is 15.7 Å². The van der Waals surface area contributed by atoms with E-state index >= 15 is 0 Å². The lowest BCUT2D eigenvalue weighted by molar-refractivity contribution is -0.114. The van der Waals surface area contributed by atoms with Gasteiger partial charge in [-0.25, -0.2) is 0 Å². The lowest BCUT2D eigenvalue weighted by atomic mass is 10.3. The second-order valence-electron chi connectivity index (χ2n) is 4.03. The fourth-order valence-corrected chi connectivity index (χ4v) is 2.14. The van der Waals surface area contributed by atoms with E-state index in [9.17, 15) is 4.79 Å². The SMILES string of the molecule is O=C(CNc1ccc(Br)cc1)Nc1cc(Cl)ccc1Cl. The van der Waals surface area contributed by atoms with Gasteiger partial charge in [-0.3, -0.25) is 4.79 Å². The molecule has 3 nitrogen and oxygen atoms in total. The lowest BCUT2D eigenvalue weighted by Gasteiger charge is -2.09. The Kier molecular flexibility index (Phi) is 5.29. The van der Waals surface area contributed by atoms with Crippen LogP contribution in [0.5, 0.6) is 0 Å². The van der Waals surface area contributed by atoms with Crippen LogP contribution < -0.4 is 10.6 Å². The van der Waals surface area contributed by atoms with Crippen molar-refractivity contribution in [3.8, 4) is 0 Å². The van der Waals surface area contributed by atoms with Crippen LogP contribution in [0.4, 0.5) is 11.4 Å². The summed E-state index contributed by atoms with van der Waals surface area (Å²) in [5, 5.41) is 6.69. The summed E-state index contributed by atoms with van der Waals surface area (Å²) >= 11 is 15.2. The second kappa shape index (κ2) is 6.97. The van der Waals surface area contributed by atoms with Gasteiger partial charge in [-0.1, -0.05) is 39.1 Å². The zero-order valence-electron chi connectivity index (χ0n) is 10.3. The number of hydrogen-bond donors (Lipinski definition) is 2. The Morgan fingerprint density at radius 1 is 1.10 bits per heavy atom. The number of benzene rings is 2. The molecule has 0 bridgehead atoms. The van der Waals surface area contributed by atoms with Crippen molar-refractivity contribution >= 4 is 56.4 Å². The molecule has 2 N–H and O–H groups in total. The van der Waals surface area contributed by atoms with Crippen LogP contribution in [0.2, 0.25) is 10.0 Å². The first-order valence-electron chi connectivity index (χ1n) is 5.79. The van der Waals surface area contributed by atoms with E-state index in [0.717, 1.165) is 10.2 Å². The minimum Gasteiger partial charge on any atom is -0.376 e. The van der Waals surface area contributed by atoms with Gasteiger partial charge in [-0.05, 0) is 42.5 Å². The molecule has 0 spiro atoms. The van der Waals surface area contributed by atoms with Crippen molar-refractivity contribution in [1.29, 1.82) is 0 Å². The molecule has 0 aliphatic heterocycles. The minimum absolute atomic E-state index is 0.143. The van der Waals surface area contributed by atoms with Crippen LogP contribution in [0.3, 0.4) is 0 Å². The predicted octanol–water partition coefficient (Wildman–Crippen LogP) is 4.81. The maximum atomic E-state index is 11.8. The summed E-state index contributed by atoms with van der Waals surface area (Å²) in [5.74, 6) is -0.197. The molecule has 0 atom stereocenters. The molecule has 0 aromatic heterocycles. The lowest BCUT2D eigenvalue weighted by Crippen LogP contribution is -2.21. The van der Waals surface area contributed by atoms with Gasteiger partial charge < -0.3 is 10.6 Å². The first kappa shape index (κ1) is 15.2. The van der Waals surface area contributed by atoms with Crippen LogP contribution in [0, 0.1) is 0 Å². The molecule has 2 aromatic rings. The maximum Gasteiger partial charge on any atom is 0.243 e. The third-order valence-electron chi connectivity index (χ3n) is 2.50. The monoisotopic (exact) mass is 372 g/mol. The largest absolute Gasteiger partial charge is 0.376 e. The molecule has 104 valence electrons. The highest BCUT2D eigenvalue weighted by atomic mass is 79.9. The summed E-state index contributed by atoms with van der Waals surface area (Å²) in [7, 11) is 0. The van der Waals surface area contributed by atoms with E-state index in [-0.39, 0.29) is 12.5 Å². The predicted molar refractivity (Wildman–Crippen MR) is 87.7 cm³/mol. The Balaban J connectivity index is 1.92. The average Bonchev–Trinajstić information content (AvgIpc) is 2.42. The first-order valence-corrected chi connectivity index (χ1v) is 7.34. The summed E-state index contributed by atoms with van der Waals surface area (Å²) in [6.45, 7) is 0.143. The van der Waals surface area contributed by atoms with E-state index in [4.69, 9.17) is 23.2 Å². The summed E-state index contributed by atoms with van der Waals surface area (Å²) in [4.78, 5) is 11.8. The molecule has 0 fully saturated rings. The van der Waals surface area contributed by atoms with Crippen molar-refractivity contribution in [3.63, 3.8) is 0 Å². The maximum absolute atomic E-state index is 11.8. The Labute approximate surface area is 135 Å². The summed E-state index contributed by atoms with van der Waals surface area (Å²) in [6, 6.07) is 12.5. The third kappa shape index (κ3) is 4.40. The Hall–Kier alpha value is -1.23. The number of carbonyl (C=O) groups is 1. The van der Waals surface area contributed by atoms with Crippen molar-refractivity contribution in [2.45, 2.75) is 0 Å². The van der Waals surface area contributed by atoms with Gasteiger partial charge in [0.2, 0.25) is 5.91 Å². The van der Waals surface area contributed by atoms with Gasteiger partial charge in [0.15, 0.2) is 0 Å². The van der Waals surface area contributed by atoms with Gasteiger partial charge >= 0.3 is 0 Å². The van der Waals surface area contributed by atoms with Gasteiger partial charge in [0.1, 0.15) is 0 Å². The molecular formula is C14H11BrCl2N2O. The zero-order chi connectivity index (χ0) is 14.5. The standard InChI is InChI=1S/C14H11BrCl2N2O/c15-9-1-4-11(5-2-9)18-8-14(20)19-13-7-10(16)3-6-12(13)17/h1-7,18H,8H2,(H,19,20). The average molecular weight is 374 g/mol. The van der Waals surface area contributed by atoms with Crippen molar-refractivity contribution < 1.29 is 4.79 Å². The van der Waals surface area contributed by atoms with E-state index in [1.54, 1.807) is 18.2 Å². The zero-order valence-corrected chi connectivity index (χ0v) is 13.4. The Morgan fingerprint density at radius 2 is 1.80 bits per heavy atom. The molecule has 0 aliphatic carbocycles. The van der Waals surface area contributed by atoms with Gasteiger partial charge in [0.25, 0.3) is 0 Å². The fourth-order valence-electron chi connectivity index (χ4n) is 1.54. The number of anilines is 2. The highest BCUT2D eigenvalue weighted by Gasteiger charge is 2.06. The van der Waals surface area contributed by atoms with Crippen LogP contribution in [-0.2, 0) is 4.79 Å². The van der Waals surface area contributed by atoms with Crippen molar-refractivity contribution in [2.75, 3.05) is 17.2 Å². The van der Waals surface area contributed by atoms with Crippen LogP contribution in [0.1, 0.15) is 0 Å². The smallest absolute Gasteiger partial charge is 0.243 e. The molecule has 0 heterocycles. The van der Waals surface area contributed by atoms with Crippen molar-refractivity contribution in [1.82, 2.24) is 0 Å². The Morgan fingerprint density at radius 3 is 2.50 bits per heavy atom. The van der Waals surface area contributed by atoms with Crippen LogP contribution in [-0.4, -0.2) is 12.5 Å². The van der Waals surface area contributed by atoms with Crippen LogP contribution in [0.15, 0.2) is 46.9 Å². The minimum atomic E-state index is -0.197. The highest BCUT2D eigenvalue weighted by molar-refractivity contribution is 9.10. The van der Waals surface area contributed by atoms with E-state index in [2.05, 4.69) is 26.6 Å². The number of rotatable bonds is 4. The molecule has 0 radical (unpaired) electrons. The molecule has 6 heteroatoms. The first-order chi connectivity index (χ1) is 9.54. The van der Waals surface area contributed by atoms with E-state index in [1.807, 2.05) is 24.3 Å². The summed E-state index contributed by atoms with van der Waals surface area (Å²) < 4.78 is 0.984. The third-order valence-corrected chi connectivity index (χ3v) is 3.59. The number of halogens is 3. The second-order valence-corrected chi connectivity index (χ2v) is 5.79. The van der Waals surface area contributed by atoms with Gasteiger partial charge in [0.05, 0.1) is 17.3 Å². The normalized spacial score (nSPS) is 10.2. The van der Waals surface area contributed by atoms with E-state index in [1.165, 1.54) is 0 Å². The molecule has 2 rings (SSSR count). The fraction of sp³-hybridized carbons (Fsp3) is 0.0714. The molecule has 0 saturated carbocycles. The highest BCUT2D eigenvalue weighted by Crippen LogP contribution is 2.25. The van der Waals surface area contributed by atoms with Crippen LogP contribution in [0.25, 0.3) is 0 Å². The quantitative estimate of drug-likeness (QED) is 0.807. The number of amides is 1. The summed E-state index contributed by atoms with van der Waals surface area (Å²) in [6.07, 6.45) is 0. The number of carbonyl (C=O) groups excluding carboxylic acids is 1. The molecule has 20 heavy (non-hydrogen) atoms. The van der Waals surface area contributed by atoms with Gasteiger partial charge in [-0.15, -0.1) is 0 Å². The Bertz CT molecular complexity index is 617. The van der Waals surface area contributed by atoms with Crippen LogP contribution >= 0.6 is 39.1 Å². The van der Waals surface area contributed by atoms with Crippen molar-refractivity contribution in [3.05, 3.63) is 57.0 Å². The molecule has 0 saturated heterocycles. The molecular weight excluding hydrogens is 363 g/mol. The van der Waals surface area contributed by atoms with Crippen molar-refractivity contribution in [2.24, 2.45) is 0 Å². The van der Waals surface area contributed by atoms with Gasteiger partial charge in [0, 0.05) is 15.2 Å². The molecule has 0 aliphatic rings. The summed E-state index contributed by atoms with van der Waals surface area (Å²) in [5.41, 5.74) is 1.36. The van der Waals surface area contributed by atoms with E-state index < -0.39 is 0 Å². The number of nitrogens with one attached hydrogen (secondary N) is 2. The topological polar surface area (TPSA) is 41.1 Å². The van der Waals surface area contributed by atoms with Gasteiger partial charge in [-0.2, -0.15) is 0 Å². The molecule has 2 aromatic carbocycles. The molecule has 1 amide bonds. The molecule has 0 unspecified atom stereocenters. The number of hydrogen-bond acceptors (Lipinski definition) is 2.